The molecule has 3 unspecified atom stereocenters. The van der Waals surface area contributed by atoms with Crippen LogP contribution in [0.5, 0.6) is 0 Å². The molecule has 1 N–H and O–H groups in total. The van der Waals surface area contributed by atoms with Crippen molar-refractivity contribution < 1.29 is 14.7 Å². The molecule has 5 nitrogen and oxygen atoms in total. The third-order valence-electron chi connectivity index (χ3n) is 4.08. The first-order valence-electron chi connectivity index (χ1n) is 6.51. The first kappa shape index (κ1) is 12.9. The summed E-state index contributed by atoms with van der Waals surface area (Å²) >= 11 is 0. The van der Waals surface area contributed by atoms with Gasteiger partial charge in [0.05, 0.1) is 5.92 Å². The predicted molar refractivity (Wildman–Crippen MR) is 67.2 cm³/mol. The van der Waals surface area contributed by atoms with Crippen molar-refractivity contribution in [2.45, 2.75) is 38.3 Å². The van der Waals surface area contributed by atoms with Gasteiger partial charge in [-0.1, -0.05) is 6.08 Å². The van der Waals surface area contributed by atoms with Crippen molar-refractivity contribution in [1.82, 2.24) is 9.80 Å². The number of carbonyl (C=O) groups is 2. The minimum absolute atomic E-state index is 0.0337. The Hall–Kier alpha value is -1.52. The predicted octanol–water partition coefficient (Wildman–Crippen LogP) is 1.55. The third-order valence-corrected chi connectivity index (χ3v) is 4.08. The highest BCUT2D eigenvalue weighted by Gasteiger charge is 2.51. The molecule has 18 heavy (non-hydrogen) atoms. The van der Waals surface area contributed by atoms with Crippen LogP contribution < -0.4 is 0 Å². The van der Waals surface area contributed by atoms with E-state index in [1.165, 1.54) is 0 Å². The molecular weight excluding hydrogens is 232 g/mol. The lowest BCUT2D eigenvalue weighted by Crippen LogP contribution is -2.46. The quantitative estimate of drug-likeness (QED) is 0.772. The van der Waals surface area contributed by atoms with E-state index in [9.17, 15) is 9.59 Å². The Morgan fingerprint density at radius 2 is 2.22 bits per heavy atom. The van der Waals surface area contributed by atoms with Crippen molar-refractivity contribution >= 4 is 12.0 Å². The highest BCUT2D eigenvalue weighted by Crippen LogP contribution is 2.42. The van der Waals surface area contributed by atoms with Crippen LogP contribution in [0.15, 0.2) is 12.7 Å². The molecule has 0 spiro atoms. The van der Waals surface area contributed by atoms with Gasteiger partial charge in [-0.2, -0.15) is 0 Å². The van der Waals surface area contributed by atoms with Crippen LogP contribution in [0.1, 0.15) is 26.2 Å². The number of carbonyl (C=O) groups excluding carboxylic acids is 1. The lowest BCUT2D eigenvalue weighted by molar-refractivity contribution is -0.142. The van der Waals surface area contributed by atoms with Crippen LogP contribution in [-0.2, 0) is 4.79 Å². The molecule has 2 amide bonds. The van der Waals surface area contributed by atoms with Gasteiger partial charge in [-0.05, 0) is 26.2 Å². The van der Waals surface area contributed by atoms with Gasteiger partial charge >= 0.3 is 12.0 Å². The molecule has 3 atom stereocenters. The summed E-state index contributed by atoms with van der Waals surface area (Å²) in [5.74, 6) is -1.15. The van der Waals surface area contributed by atoms with E-state index < -0.39 is 5.97 Å². The van der Waals surface area contributed by atoms with Gasteiger partial charge in [0.1, 0.15) is 0 Å². The van der Waals surface area contributed by atoms with E-state index in [0.717, 1.165) is 12.8 Å². The minimum atomic E-state index is -0.772. The second kappa shape index (κ2) is 5.00. The number of fused-ring (bicyclic) bond motifs is 2. The minimum Gasteiger partial charge on any atom is -0.481 e. The average molecular weight is 252 g/mol. The lowest BCUT2D eigenvalue weighted by atomic mass is 9.89. The topological polar surface area (TPSA) is 60.9 Å². The largest absolute Gasteiger partial charge is 0.481 e. The summed E-state index contributed by atoms with van der Waals surface area (Å²) in [5, 5.41) is 9.17. The monoisotopic (exact) mass is 252 g/mol. The number of amides is 2. The number of nitrogens with zero attached hydrogens (tertiary/aromatic N) is 2. The zero-order chi connectivity index (χ0) is 13.3. The summed E-state index contributed by atoms with van der Waals surface area (Å²) in [6.45, 7) is 6.71. The van der Waals surface area contributed by atoms with Crippen molar-refractivity contribution in [3.05, 3.63) is 12.7 Å². The van der Waals surface area contributed by atoms with Crippen LogP contribution in [0.2, 0.25) is 0 Å². The number of hydrogen-bond acceptors (Lipinski definition) is 2. The fraction of sp³-hybridized carbons (Fsp3) is 0.692. The molecule has 2 aliphatic rings. The molecule has 2 rings (SSSR count). The maximum Gasteiger partial charge on any atom is 0.320 e. The Labute approximate surface area is 107 Å². The van der Waals surface area contributed by atoms with E-state index in [4.69, 9.17) is 5.11 Å². The highest BCUT2D eigenvalue weighted by molar-refractivity contribution is 5.79. The van der Waals surface area contributed by atoms with Crippen LogP contribution in [0.4, 0.5) is 4.79 Å². The summed E-state index contributed by atoms with van der Waals surface area (Å²) < 4.78 is 0. The summed E-state index contributed by atoms with van der Waals surface area (Å²) in [6, 6.07) is -0.0324. The van der Waals surface area contributed by atoms with Gasteiger partial charge in [0.2, 0.25) is 0 Å². The summed E-state index contributed by atoms with van der Waals surface area (Å²) in [6.07, 6.45) is 4.07. The number of rotatable bonds is 4. The molecule has 0 aromatic carbocycles. The van der Waals surface area contributed by atoms with Gasteiger partial charge in [-0.15, -0.1) is 6.58 Å². The first-order chi connectivity index (χ1) is 8.60. The van der Waals surface area contributed by atoms with E-state index >= 15 is 0 Å². The van der Waals surface area contributed by atoms with Crippen LogP contribution >= 0.6 is 0 Å². The van der Waals surface area contributed by atoms with Crippen molar-refractivity contribution in [3.63, 3.8) is 0 Å². The van der Waals surface area contributed by atoms with Crippen LogP contribution in [0.3, 0.4) is 0 Å². The number of urea groups is 1. The normalized spacial score (nSPS) is 29.4. The molecule has 0 radical (unpaired) electrons. The van der Waals surface area contributed by atoms with Crippen LogP contribution in [0.25, 0.3) is 0 Å². The molecule has 2 heterocycles. The number of hydrogen-bond donors (Lipinski definition) is 1. The number of carboxylic acids is 1. The molecule has 0 aromatic rings. The van der Waals surface area contributed by atoms with Crippen LogP contribution in [-0.4, -0.2) is 52.1 Å². The second-order valence-corrected chi connectivity index (χ2v) is 5.00. The maximum absolute atomic E-state index is 12.4. The van der Waals surface area contributed by atoms with Gasteiger partial charge in [0.15, 0.2) is 0 Å². The number of likely N-dealkylation sites (N-methyl/N-ethyl adjacent to an activating group) is 1. The molecule has 100 valence electrons. The fourth-order valence-corrected chi connectivity index (χ4v) is 3.21. The zero-order valence-corrected chi connectivity index (χ0v) is 10.7. The molecule has 2 bridgehead atoms. The Bertz CT molecular complexity index is 369. The van der Waals surface area contributed by atoms with Gasteiger partial charge < -0.3 is 14.9 Å². The van der Waals surface area contributed by atoms with Crippen molar-refractivity contribution in [2.75, 3.05) is 13.1 Å². The smallest absolute Gasteiger partial charge is 0.320 e. The molecule has 0 saturated carbocycles. The molecule has 2 fully saturated rings. The molecule has 5 heteroatoms. The molecular formula is C13H20N2O3. The fourth-order valence-electron chi connectivity index (χ4n) is 3.21. The van der Waals surface area contributed by atoms with Crippen molar-refractivity contribution in [2.24, 2.45) is 5.92 Å². The third kappa shape index (κ3) is 1.98. The zero-order valence-electron chi connectivity index (χ0n) is 10.7. The standard InChI is InChI=1S/C13H20N2O3/c1-3-7-14(4-2)13(18)15-9-5-6-11(15)10(8-9)12(16)17/h3,9-11H,1,4-8H2,2H3,(H,16,17). The lowest BCUT2D eigenvalue weighted by Gasteiger charge is -2.30. The second-order valence-electron chi connectivity index (χ2n) is 5.00. The molecule has 2 aliphatic heterocycles. The molecule has 0 aromatic heterocycles. The van der Waals surface area contributed by atoms with E-state index in [0.29, 0.717) is 19.5 Å². The van der Waals surface area contributed by atoms with Gasteiger partial charge in [-0.3, -0.25) is 4.79 Å². The number of aliphatic carboxylic acids is 1. The Balaban J connectivity index is 2.12. The summed E-state index contributed by atoms with van der Waals surface area (Å²) in [5.41, 5.74) is 0. The number of carboxylic acid groups (broad SMARTS) is 1. The van der Waals surface area contributed by atoms with E-state index in [1.807, 2.05) is 6.92 Å². The Morgan fingerprint density at radius 3 is 2.72 bits per heavy atom. The van der Waals surface area contributed by atoms with Gasteiger partial charge in [-0.25, -0.2) is 4.79 Å². The van der Waals surface area contributed by atoms with Crippen molar-refractivity contribution in [1.29, 1.82) is 0 Å². The average Bonchev–Trinajstić information content (AvgIpc) is 2.92. The van der Waals surface area contributed by atoms with E-state index in [1.54, 1.807) is 15.9 Å². The van der Waals surface area contributed by atoms with Crippen molar-refractivity contribution in [3.8, 4) is 0 Å². The first-order valence-corrected chi connectivity index (χ1v) is 6.51. The Kier molecular flexibility index (Phi) is 3.59. The van der Waals surface area contributed by atoms with Crippen LogP contribution in [0, 0.1) is 5.92 Å². The molecule has 2 saturated heterocycles. The van der Waals surface area contributed by atoms with E-state index in [-0.39, 0.29) is 24.0 Å². The highest BCUT2D eigenvalue weighted by atomic mass is 16.4. The van der Waals surface area contributed by atoms with Gasteiger partial charge in [0, 0.05) is 25.2 Å². The molecule has 0 aliphatic carbocycles. The Morgan fingerprint density at radius 1 is 1.50 bits per heavy atom. The summed E-state index contributed by atoms with van der Waals surface area (Å²) in [7, 11) is 0. The summed E-state index contributed by atoms with van der Waals surface area (Å²) in [4.78, 5) is 27.1. The SMILES string of the molecule is C=CCN(CC)C(=O)N1C2CCC1C(C(=O)O)C2. The van der Waals surface area contributed by atoms with Gasteiger partial charge in [0.25, 0.3) is 0 Å². The van der Waals surface area contributed by atoms with E-state index in [2.05, 4.69) is 6.58 Å². The maximum atomic E-state index is 12.4.